The Hall–Kier alpha value is -3.08. The Bertz CT molecular complexity index is 1100. The molecule has 0 spiro atoms. The summed E-state index contributed by atoms with van der Waals surface area (Å²) in [7, 11) is 1.67. The molecule has 1 amide bonds. The molecule has 2 heterocycles. The summed E-state index contributed by atoms with van der Waals surface area (Å²) in [4.78, 5) is 18.2. The van der Waals surface area contributed by atoms with Crippen molar-refractivity contribution in [3.63, 3.8) is 0 Å². The second kappa shape index (κ2) is 7.07. The molecule has 1 aliphatic heterocycles. The van der Waals surface area contributed by atoms with Crippen molar-refractivity contribution in [3.8, 4) is 5.75 Å². The van der Waals surface area contributed by atoms with Gasteiger partial charge in [0, 0.05) is 41.7 Å². The molecule has 2 atom stereocenters. The summed E-state index contributed by atoms with van der Waals surface area (Å²) in [6, 6.07) is 12.6. The molecule has 0 saturated heterocycles. The highest BCUT2D eigenvalue weighted by atomic mass is 19.1. The highest BCUT2D eigenvalue weighted by molar-refractivity contribution is 5.94. The molecule has 29 heavy (non-hydrogen) atoms. The van der Waals surface area contributed by atoms with Crippen molar-refractivity contribution in [2.45, 2.75) is 18.8 Å². The second-order valence-corrected chi connectivity index (χ2v) is 7.88. The Balaban J connectivity index is 1.29. The molecule has 0 bridgehead atoms. The number of rotatable bonds is 4. The van der Waals surface area contributed by atoms with Crippen LogP contribution in [0.3, 0.4) is 0 Å². The number of nitrogens with zero attached hydrogens (tertiary/aromatic N) is 1. The van der Waals surface area contributed by atoms with Crippen LogP contribution in [0.2, 0.25) is 0 Å². The SMILES string of the molecule is COc1ccc2[nH]cc(C3=CCN(C(=O)[C@H]4C[C@H]4c4ccc(F)cc4)CC3)c2c1. The molecule has 1 N–H and O–H groups in total. The van der Waals surface area contributed by atoms with E-state index < -0.39 is 0 Å². The number of benzene rings is 2. The van der Waals surface area contributed by atoms with Crippen molar-refractivity contribution in [2.24, 2.45) is 5.92 Å². The fourth-order valence-corrected chi connectivity index (χ4v) is 4.39. The number of nitrogens with one attached hydrogen (secondary N) is 1. The van der Waals surface area contributed by atoms with Crippen molar-refractivity contribution < 1.29 is 13.9 Å². The van der Waals surface area contributed by atoms with Gasteiger partial charge in [0.1, 0.15) is 11.6 Å². The number of hydrogen-bond donors (Lipinski definition) is 1. The van der Waals surface area contributed by atoms with Crippen molar-refractivity contribution in [3.05, 3.63) is 71.7 Å². The number of aromatic amines is 1. The first kappa shape index (κ1) is 18.0. The standard InChI is InChI=1S/C24H23FN2O2/c1-29-18-6-7-23-20(12-18)22(14-26-23)16-8-10-27(11-9-16)24(28)21-13-19(21)15-2-4-17(25)5-3-15/h2-8,12,14,19,21,26H,9-11,13H2,1H3/t19-,21-/m0/s1. The largest absolute Gasteiger partial charge is 0.497 e. The van der Waals surface area contributed by atoms with Gasteiger partial charge < -0.3 is 14.6 Å². The number of methoxy groups -OCH3 is 1. The van der Waals surface area contributed by atoms with Crippen LogP contribution in [0.15, 0.2) is 54.7 Å². The van der Waals surface area contributed by atoms with Crippen LogP contribution in [0.25, 0.3) is 16.5 Å². The maximum absolute atomic E-state index is 13.1. The lowest BCUT2D eigenvalue weighted by Gasteiger charge is -2.27. The second-order valence-electron chi connectivity index (χ2n) is 7.88. The van der Waals surface area contributed by atoms with Gasteiger partial charge in [0.2, 0.25) is 5.91 Å². The molecule has 1 saturated carbocycles. The van der Waals surface area contributed by atoms with Crippen molar-refractivity contribution >= 4 is 22.4 Å². The fraction of sp³-hybridized carbons (Fsp3) is 0.292. The Morgan fingerprint density at radius 2 is 2.03 bits per heavy atom. The van der Waals surface area contributed by atoms with E-state index >= 15 is 0 Å². The zero-order valence-electron chi connectivity index (χ0n) is 16.3. The van der Waals surface area contributed by atoms with Gasteiger partial charge in [0.15, 0.2) is 0 Å². The monoisotopic (exact) mass is 390 g/mol. The molecule has 148 valence electrons. The van der Waals surface area contributed by atoms with Crippen LogP contribution in [0.1, 0.15) is 29.9 Å². The van der Waals surface area contributed by atoms with E-state index in [1.807, 2.05) is 23.2 Å². The van der Waals surface area contributed by atoms with E-state index in [1.165, 1.54) is 23.3 Å². The molecule has 2 aliphatic rings. The van der Waals surface area contributed by atoms with Crippen LogP contribution in [0.4, 0.5) is 4.39 Å². The molecule has 4 nitrogen and oxygen atoms in total. The Morgan fingerprint density at radius 3 is 2.76 bits per heavy atom. The molecule has 5 rings (SSSR count). The van der Waals surface area contributed by atoms with E-state index in [0.29, 0.717) is 6.54 Å². The van der Waals surface area contributed by atoms with Crippen molar-refractivity contribution in [1.29, 1.82) is 0 Å². The first-order valence-corrected chi connectivity index (χ1v) is 10.0. The minimum atomic E-state index is -0.235. The lowest BCUT2D eigenvalue weighted by molar-refractivity contribution is -0.132. The zero-order chi connectivity index (χ0) is 20.0. The number of amides is 1. The fourth-order valence-electron chi connectivity index (χ4n) is 4.39. The molecule has 1 fully saturated rings. The number of carbonyl (C=O) groups is 1. The summed E-state index contributed by atoms with van der Waals surface area (Å²) >= 11 is 0. The maximum atomic E-state index is 13.1. The van der Waals surface area contributed by atoms with Gasteiger partial charge in [-0.05, 0) is 60.2 Å². The quantitative estimate of drug-likeness (QED) is 0.700. The Labute approximate surface area is 169 Å². The van der Waals surface area contributed by atoms with Gasteiger partial charge in [0.05, 0.1) is 7.11 Å². The third kappa shape index (κ3) is 3.31. The summed E-state index contributed by atoms with van der Waals surface area (Å²) in [5, 5.41) is 1.15. The summed E-state index contributed by atoms with van der Waals surface area (Å²) in [5.74, 6) is 1.09. The van der Waals surface area contributed by atoms with Crippen LogP contribution in [-0.4, -0.2) is 36.0 Å². The average molecular weight is 390 g/mol. The van der Waals surface area contributed by atoms with Crippen LogP contribution >= 0.6 is 0 Å². The summed E-state index contributed by atoms with van der Waals surface area (Å²) in [6.45, 7) is 1.37. The average Bonchev–Trinajstić information content (AvgIpc) is 3.45. The molecule has 5 heteroatoms. The summed E-state index contributed by atoms with van der Waals surface area (Å²) in [5.41, 5.74) is 4.59. The number of halogens is 1. The number of H-pyrrole nitrogens is 1. The molecule has 3 aromatic rings. The molecule has 1 aromatic heterocycles. The number of aromatic nitrogens is 1. The first-order chi connectivity index (χ1) is 14.1. The summed E-state index contributed by atoms with van der Waals surface area (Å²) < 4.78 is 18.5. The molecular weight excluding hydrogens is 367 g/mol. The van der Waals surface area contributed by atoms with Gasteiger partial charge in [-0.1, -0.05) is 18.2 Å². The molecule has 1 aliphatic carbocycles. The molecule has 0 unspecified atom stereocenters. The minimum absolute atomic E-state index is 0.0350. The zero-order valence-corrected chi connectivity index (χ0v) is 16.3. The lowest BCUT2D eigenvalue weighted by Crippen LogP contribution is -2.36. The summed E-state index contributed by atoms with van der Waals surface area (Å²) in [6.07, 6.45) is 5.90. The smallest absolute Gasteiger partial charge is 0.226 e. The number of fused-ring (bicyclic) bond motifs is 1. The molecule has 2 aromatic carbocycles. The van der Waals surface area contributed by atoms with E-state index in [-0.39, 0.29) is 23.6 Å². The minimum Gasteiger partial charge on any atom is -0.497 e. The van der Waals surface area contributed by atoms with Crippen LogP contribution in [-0.2, 0) is 4.79 Å². The number of carbonyl (C=O) groups excluding carboxylic acids is 1. The van der Waals surface area contributed by atoms with Gasteiger partial charge in [0.25, 0.3) is 0 Å². The predicted molar refractivity (Wildman–Crippen MR) is 111 cm³/mol. The van der Waals surface area contributed by atoms with E-state index in [4.69, 9.17) is 4.74 Å². The van der Waals surface area contributed by atoms with Gasteiger partial charge in [-0.2, -0.15) is 0 Å². The van der Waals surface area contributed by atoms with Crippen LogP contribution < -0.4 is 4.74 Å². The third-order valence-electron chi connectivity index (χ3n) is 6.16. The normalized spacial score (nSPS) is 21.2. The van der Waals surface area contributed by atoms with Gasteiger partial charge in [-0.3, -0.25) is 4.79 Å². The highest BCUT2D eigenvalue weighted by Gasteiger charge is 2.45. The van der Waals surface area contributed by atoms with Gasteiger partial charge >= 0.3 is 0 Å². The van der Waals surface area contributed by atoms with Crippen LogP contribution in [0, 0.1) is 11.7 Å². The van der Waals surface area contributed by atoms with E-state index in [9.17, 15) is 9.18 Å². The topological polar surface area (TPSA) is 45.3 Å². The first-order valence-electron chi connectivity index (χ1n) is 10.0. The van der Waals surface area contributed by atoms with Gasteiger partial charge in [-0.15, -0.1) is 0 Å². The van der Waals surface area contributed by atoms with E-state index in [1.54, 1.807) is 19.2 Å². The Morgan fingerprint density at radius 1 is 1.21 bits per heavy atom. The van der Waals surface area contributed by atoms with Crippen molar-refractivity contribution in [2.75, 3.05) is 20.2 Å². The van der Waals surface area contributed by atoms with E-state index in [0.717, 1.165) is 41.6 Å². The molecule has 0 radical (unpaired) electrons. The number of ether oxygens (including phenoxy) is 1. The maximum Gasteiger partial charge on any atom is 0.226 e. The third-order valence-corrected chi connectivity index (χ3v) is 6.16. The molecular formula is C24H23FN2O2. The van der Waals surface area contributed by atoms with Gasteiger partial charge in [-0.25, -0.2) is 4.39 Å². The van der Waals surface area contributed by atoms with Crippen LogP contribution in [0.5, 0.6) is 5.75 Å². The van der Waals surface area contributed by atoms with E-state index in [2.05, 4.69) is 17.1 Å². The highest BCUT2D eigenvalue weighted by Crippen LogP contribution is 2.48. The van der Waals surface area contributed by atoms with Crippen molar-refractivity contribution in [1.82, 2.24) is 9.88 Å². The Kier molecular flexibility index (Phi) is 4.38. The number of hydrogen-bond acceptors (Lipinski definition) is 2. The lowest BCUT2D eigenvalue weighted by atomic mass is 9.98. The predicted octanol–water partition coefficient (Wildman–Crippen LogP) is 4.74.